The van der Waals surface area contributed by atoms with Gasteiger partial charge in [-0.3, -0.25) is 9.59 Å². The average Bonchev–Trinajstić information content (AvgIpc) is 3.84. The van der Waals surface area contributed by atoms with E-state index in [0.29, 0.717) is 41.5 Å². The minimum absolute atomic E-state index is 0.0158. The van der Waals surface area contributed by atoms with E-state index in [-0.39, 0.29) is 29.7 Å². The summed E-state index contributed by atoms with van der Waals surface area (Å²) >= 11 is 0. The van der Waals surface area contributed by atoms with E-state index in [4.69, 9.17) is 15.8 Å². The van der Waals surface area contributed by atoms with Crippen LogP contribution in [-0.4, -0.2) is 37.9 Å². The number of hydrogen-bond donors (Lipinski definition) is 1. The second-order valence-electron chi connectivity index (χ2n) is 10.9. The topological polar surface area (TPSA) is 93.6 Å². The molecule has 4 aromatic rings. The monoisotopic (exact) mass is 509 g/mol. The second-order valence-corrected chi connectivity index (χ2v) is 10.9. The summed E-state index contributed by atoms with van der Waals surface area (Å²) in [6.45, 7) is 2.70. The maximum absolute atomic E-state index is 15.2. The van der Waals surface area contributed by atoms with Crippen molar-refractivity contribution >= 4 is 17.5 Å². The number of carbonyl (C=O) groups is 2. The maximum Gasteiger partial charge on any atom is 0.273 e. The minimum atomic E-state index is -0.397. The molecule has 1 aliphatic heterocycles. The van der Waals surface area contributed by atoms with Crippen LogP contribution in [0.4, 0.5) is 4.39 Å². The van der Waals surface area contributed by atoms with Gasteiger partial charge in [-0.1, -0.05) is 30.3 Å². The van der Waals surface area contributed by atoms with Gasteiger partial charge in [0.25, 0.3) is 5.91 Å². The van der Waals surface area contributed by atoms with Crippen LogP contribution < -0.4 is 5.73 Å². The van der Waals surface area contributed by atoms with Crippen LogP contribution in [0.15, 0.2) is 54.6 Å². The molecule has 0 radical (unpaired) electrons. The predicted octanol–water partition coefficient (Wildman–Crippen LogP) is 4.76. The van der Waals surface area contributed by atoms with Crippen LogP contribution >= 0.6 is 0 Å². The normalized spacial score (nSPS) is 22.4. The van der Waals surface area contributed by atoms with Gasteiger partial charge in [-0.05, 0) is 73.4 Å². The molecule has 0 bridgehead atoms. The number of carbonyl (C=O) groups excluding carboxylic acids is 2. The molecule has 3 atom stereocenters. The number of rotatable bonds is 5. The summed E-state index contributed by atoms with van der Waals surface area (Å²) in [7, 11) is 0. The number of benzene rings is 2. The van der Waals surface area contributed by atoms with Crippen LogP contribution in [0.3, 0.4) is 0 Å². The van der Waals surface area contributed by atoms with Gasteiger partial charge in [0.05, 0.1) is 11.7 Å². The summed E-state index contributed by atoms with van der Waals surface area (Å²) in [6.07, 6.45) is 3.54. The van der Waals surface area contributed by atoms with E-state index >= 15 is 4.39 Å². The number of halogens is 1. The number of nitrogens with two attached hydrogens (primary N) is 1. The number of aromatic nitrogens is 3. The molecular weight excluding hydrogens is 481 g/mol. The third-order valence-electron chi connectivity index (χ3n) is 8.38. The van der Waals surface area contributed by atoms with E-state index in [1.807, 2.05) is 29.2 Å². The van der Waals surface area contributed by atoms with Crippen molar-refractivity contribution in [3.05, 3.63) is 88.5 Å². The van der Waals surface area contributed by atoms with Gasteiger partial charge < -0.3 is 10.6 Å². The highest BCUT2D eigenvalue weighted by Gasteiger charge is 2.43. The molecule has 2 aromatic carbocycles. The quantitative estimate of drug-likeness (QED) is 0.420. The Balaban J connectivity index is 1.23. The fourth-order valence-corrected chi connectivity index (χ4v) is 5.95. The Labute approximate surface area is 219 Å². The Morgan fingerprint density at radius 1 is 1.08 bits per heavy atom. The van der Waals surface area contributed by atoms with Crippen molar-refractivity contribution in [2.45, 2.75) is 50.5 Å². The molecule has 192 valence electrons. The second kappa shape index (κ2) is 8.48. The third-order valence-corrected chi connectivity index (χ3v) is 8.38. The van der Waals surface area contributed by atoms with Crippen LogP contribution in [0.25, 0.3) is 16.9 Å². The Morgan fingerprint density at radius 2 is 1.89 bits per heavy atom. The first-order chi connectivity index (χ1) is 18.4. The molecule has 2 amide bonds. The lowest BCUT2D eigenvalue weighted by Crippen LogP contribution is -2.39. The minimum Gasteiger partial charge on any atom is -0.369 e. The standard InChI is InChI=1S/C30H28FN5O2/c1-16-20-5-3-2-4-17(20)10-11-35(16)30(38)26-14-27(18-6-7-18)36-28(33-26)15-25(34-36)21-9-8-19(12-24(21)31)22-13-23(22)29(32)37/h2-5,8-9,12,14-16,18,22-23H,6-7,10-11,13H2,1H3,(H2,32,37)/t16-,22-,23+/m1/s1. The molecule has 2 saturated carbocycles. The summed E-state index contributed by atoms with van der Waals surface area (Å²) in [5.74, 6) is -0.751. The van der Waals surface area contributed by atoms with E-state index in [1.165, 1.54) is 17.2 Å². The van der Waals surface area contributed by atoms with Crippen molar-refractivity contribution in [2.75, 3.05) is 6.54 Å². The summed E-state index contributed by atoms with van der Waals surface area (Å²) < 4.78 is 17.0. The molecule has 0 unspecified atom stereocenters. The molecule has 2 N–H and O–H groups in total. The SMILES string of the molecule is C[C@@H]1c2ccccc2CCN1C(=O)c1cc(C2CC2)n2nc(-c3ccc([C@H]4C[C@@H]4C(N)=O)cc3F)cc2n1. The van der Waals surface area contributed by atoms with Gasteiger partial charge in [0, 0.05) is 35.7 Å². The fraction of sp³-hybridized carbons (Fsp3) is 0.333. The van der Waals surface area contributed by atoms with E-state index in [0.717, 1.165) is 30.5 Å². The first-order valence-electron chi connectivity index (χ1n) is 13.3. The molecule has 3 aliphatic rings. The highest BCUT2D eigenvalue weighted by atomic mass is 19.1. The lowest BCUT2D eigenvalue weighted by atomic mass is 9.93. The predicted molar refractivity (Wildman–Crippen MR) is 140 cm³/mol. The number of hydrogen-bond acceptors (Lipinski definition) is 4. The average molecular weight is 510 g/mol. The lowest BCUT2D eigenvalue weighted by Gasteiger charge is -2.35. The Morgan fingerprint density at radius 3 is 2.63 bits per heavy atom. The zero-order valence-electron chi connectivity index (χ0n) is 21.1. The molecule has 2 aliphatic carbocycles. The van der Waals surface area contributed by atoms with E-state index < -0.39 is 5.82 Å². The Kier molecular flexibility index (Phi) is 5.15. The highest BCUT2D eigenvalue weighted by Crippen LogP contribution is 2.48. The summed E-state index contributed by atoms with van der Waals surface area (Å²) in [6, 6.07) is 16.9. The van der Waals surface area contributed by atoms with Crippen molar-refractivity contribution < 1.29 is 14.0 Å². The lowest BCUT2D eigenvalue weighted by molar-refractivity contribution is -0.119. The van der Waals surface area contributed by atoms with Gasteiger partial charge in [0.1, 0.15) is 11.5 Å². The molecule has 3 heterocycles. The Hall–Kier alpha value is -4.07. The van der Waals surface area contributed by atoms with Gasteiger partial charge >= 0.3 is 0 Å². The largest absolute Gasteiger partial charge is 0.369 e. The molecule has 0 spiro atoms. The molecule has 8 heteroatoms. The first kappa shape index (κ1) is 23.1. The number of amides is 2. The smallest absolute Gasteiger partial charge is 0.273 e. The molecule has 2 fully saturated rings. The van der Waals surface area contributed by atoms with E-state index in [1.54, 1.807) is 16.6 Å². The molecule has 38 heavy (non-hydrogen) atoms. The maximum atomic E-state index is 15.2. The van der Waals surface area contributed by atoms with Gasteiger partial charge in [0.2, 0.25) is 5.91 Å². The zero-order valence-corrected chi connectivity index (χ0v) is 21.1. The van der Waals surface area contributed by atoms with E-state index in [2.05, 4.69) is 19.1 Å². The van der Waals surface area contributed by atoms with Crippen molar-refractivity contribution in [3.8, 4) is 11.3 Å². The van der Waals surface area contributed by atoms with Crippen molar-refractivity contribution in [1.29, 1.82) is 0 Å². The van der Waals surface area contributed by atoms with Gasteiger partial charge in [-0.2, -0.15) is 5.10 Å². The van der Waals surface area contributed by atoms with Gasteiger partial charge in [0.15, 0.2) is 5.65 Å². The number of primary amides is 1. The summed E-state index contributed by atoms with van der Waals surface area (Å²) in [5, 5.41) is 4.71. The van der Waals surface area contributed by atoms with Crippen LogP contribution in [-0.2, 0) is 11.2 Å². The molecule has 2 aromatic heterocycles. The molecular formula is C30H28FN5O2. The van der Waals surface area contributed by atoms with Crippen molar-refractivity contribution in [1.82, 2.24) is 19.5 Å². The number of nitrogens with zero attached hydrogens (tertiary/aromatic N) is 4. The van der Waals surface area contributed by atoms with Gasteiger partial charge in [-0.15, -0.1) is 0 Å². The highest BCUT2D eigenvalue weighted by molar-refractivity contribution is 5.93. The van der Waals surface area contributed by atoms with Gasteiger partial charge in [-0.25, -0.2) is 13.9 Å². The van der Waals surface area contributed by atoms with Crippen LogP contribution in [0.5, 0.6) is 0 Å². The van der Waals surface area contributed by atoms with Crippen molar-refractivity contribution in [2.24, 2.45) is 11.7 Å². The molecule has 7 nitrogen and oxygen atoms in total. The van der Waals surface area contributed by atoms with Crippen LogP contribution in [0.2, 0.25) is 0 Å². The Bertz CT molecular complexity index is 1620. The first-order valence-corrected chi connectivity index (χ1v) is 13.3. The van der Waals surface area contributed by atoms with Crippen LogP contribution in [0.1, 0.15) is 76.9 Å². The summed E-state index contributed by atoms with van der Waals surface area (Å²) in [5.41, 5.74) is 11.4. The molecule has 7 rings (SSSR count). The van der Waals surface area contributed by atoms with E-state index in [9.17, 15) is 9.59 Å². The zero-order chi connectivity index (χ0) is 26.1. The number of fused-ring (bicyclic) bond motifs is 2. The van der Waals surface area contributed by atoms with Crippen LogP contribution in [0, 0.1) is 11.7 Å². The molecule has 0 saturated heterocycles. The fourth-order valence-electron chi connectivity index (χ4n) is 5.95. The summed E-state index contributed by atoms with van der Waals surface area (Å²) in [4.78, 5) is 31.8. The third kappa shape index (κ3) is 3.78. The van der Waals surface area contributed by atoms with Crippen molar-refractivity contribution in [3.63, 3.8) is 0 Å².